The molecule has 1 amide bonds. The summed E-state index contributed by atoms with van der Waals surface area (Å²) in [5.41, 5.74) is -3.88. The number of carbonyl (C=O) groups excluding carboxylic acids is 3. The number of carboxylic acids is 1. The van der Waals surface area contributed by atoms with E-state index in [2.05, 4.69) is 5.32 Å². The van der Waals surface area contributed by atoms with Gasteiger partial charge in [-0.3, -0.25) is 19.2 Å². The number of hydrogen-bond donors (Lipinski definition) is 6. The van der Waals surface area contributed by atoms with Crippen molar-refractivity contribution in [1.82, 2.24) is 5.32 Å². The van der Waals surface area contributed by atoms with Crippen molar-refractivity contribution in [3.05, 3.63) is 34.9 Å². The second-order valence-electron chi connectivity index (χ2n) is 11.6. The molecule has 0 aromatic rings. The zero-order valence-corrected chi connectivity index (χ0v) is 22.0. The molecule has 1 fully saturated rings. The predicted octanol–water partition coefficient (Wildman–Crippen LogP) is -0.168. The van der Waals surface area contributed by atoms with Crippen LogP contribution in [0, 0.1) is 34.0 Å². The van der Waals surface area contributed by atoms with E-state index in [0.717, 1.165) is 6.08 Å². The summed E-state index contributed by atoms with van der Waals surface area (Å²) in [6.45, 7) is 6.07. The average molecular weight is 534 g/mol. The molecule has 3 aliphatic carbocycles. The van der Waals surface area contributed by atoms with Crippen molar-refractivity contribution in [3.8, 4) is 0 Å². The van der Waals surface area contributed by atoms with Gasteiger partial charge < -0.3 is 35.6 Å². The molecule has 1 aliphatic heterocycles. The number of aliphatic hydroxyl groups excluding tert-OH is 4. The quantitative estimate of drug-likeness (QED) is 0.204. The summed E-state index contributed by atoms with van der Waals surface area (Å²) in [6, 6.07) is 0. The van der Waals surface area contributed by atoms with Crippen LogP contribution in [0.15, 0.2) is 34.9 Å². The van der Waals surface area contributed by atoms with Crippen molar-refractivity contribution in [2.45, 2.75) is 65.1 Å². The maximum absolute atomic E-state index is 13.6. The number of aliphatic carboxylic acids is 1. The van der Waals surface area contributed by atoms with Crippen molar-refractivity contribution >= 4 is 23.6 Å². The van der Waals surface area contributed by atoms with Gasteiger partial charge in [-0.05, 0) is 43.4 Å². The van der Waals surface area contributed by atoms with Crippen LogP contribution in [0.25, 0.3) is 0 Å². The Bertz CT molecular complexity index is 1190. The number of carboxylic acid groups (broad SMARTS) is 1. The van der Waals surface area contributed by atoms with Crippen LogP contribution in [-0.4, -0.2) is 80.8 Å². The number of esters is 1. The normalized spacial score (nSPS) is 44.6. The van der Waals surface area contributed by atoms with Gasteiger partial charge in [0.15, 0.2) is 5.78 Å². The lowest BCUT2D eigenvalue weighted by Gasteiger charge is -2.63. The Morgan fingerprint density at radius 1 is 1.11 bits per heavy atom. The maximum atomic E-state index is 13.6. The van der Waals surface area contributed by atoms with Gasteiger partial charge in [-0.1, -0.05) is 25.5 Å². The van der Waals surface area contributed by atoms with Crippen LogP contribution in [0.1, 0.15) is 40.5 Å². The highest BCUT2D eigenvalue weighted by Crippen LogP contribution is 2.66. The Kier molecular flexibility index (Phi) is 6.75. The first kappa shape index (κ1) is 28.2. The first-order chi connectivity index (χ1) is 17.6. The molecule has 0 saturated heterocycles. The number of fused-ring (bicyclic) bond motifs is 1. The van der Waals surface area contributed by atoms with Crippen LogP contribution in [0.4, 0.5) is 0 Å². The molecule has 0 radical (unpaired) electrons. The van der Waals surface area contributed by atoms with Gasteiger partial charge in [0, 0.05) is 28.7 Å². The monoisotopic (exact) mass is 533 g/mol. The third kappa shape index (κ3) is 3.63. The van der Waals surface area contributed by atoms with E-state index < -0.39 is 88.6 Å². The van der Waals surface area contributed by atoms with Gasteiger partial charge in [0.1, 0.15) is 6.23 Å². The van der Waals surface area contributed by atoms with E-state index >= 15 is 0 Å². The summed E-state index contributed by atoms with van der Waals surface area (Å²) < 4.78 is 4.92. The number of aliphatic hydroxyl groups is 4. The maximum Gasteiger partial charge on any atom is 0.313 e. The van der Waals surface area contributed by atoms with Gasteiger partial charge in [-0.15, -0.1) is 0 Å². The van der Waals surface area contributed by atoms with Crippen LogP contribution in [-0.2, 0) is 23.9 Å². The number of hydrogen-bond acceptors (Lipinski definition) is 9. The average Bonchev–Trinajstić information content (AvgIpc) is 3.34. The smallest absolute Gasteiger partial charge is 0.313 e. The zero-order valence-electron chi connectivity index (χ0n) is 22.0. The summed E-state index contributed by atoms with van der Waals surface area (Å²) in [7, 11) is 1.17. The summed E-state index contributed by atoms with van der Waals surface area (Å²) in [5, 5.41) is 57.5. The molecule has 10 atom stereocenters. The molecule has 1 saturated carbocycles. The lowest BCUT2D eigenvalue weighted by atomic mass is 9.40. The minimum Gasteiger partial charge on any atom is -0.481 e. The summed E-state index contributed by atoms with van der Waals surface area (Å²) in [5.74, 6) is -6.02. The first-order valence-corrected chi connectivity index (χ1v) is 12.6. The van der Waals surface area contributed by atoms with Gasteiger partial charge >= 0.3 is 11.9 Å². The van der Waals surface area contributed by atoms with E-state index in [1.54, 1.807) is 13.8 Å². The van der Waals surface area contributed by atoms with Crippen LogP contribution in [0.2, 0.25) is 0 Å². The number of methoxy groups -OCH3 is 1. The Labute approximate surface area is 219 Å². The summed E-state index contributed by atoms with van der Waals surface area (Å²) in [6.07, 6.45) is -2.63. The van der Waals surface area contributed by atoms with Crippen molar-refractivity contribution in [2.75, 3.05) is 7.11 Å². The molecule has 1 heterocycles. The molecular formula is C27H35NO10. The summed E-state index contributed by atoms with van der Waals surface area (Å²) >= 11 is 0. The van der Waals surface area contributed by atoms with Gasteiger partial charge in [0.05, 0.1) is 37.3 Å². The molecule has 6 N–H and O–H groups in total. The molecule has 0 bridgehead atoms. The molecule has 0 spiro atoms. The van der Waals surface area contributed by atoms with E-state index in [1.165, 1.54) is 33.1 Å². The second kappa shape index (κ2) is 9.11. The summed E-state index contributed by atoms with van der Waals surface area (Å²) in [4.78, 5) is 50.6. The van der Waals surface area contributed by atoms with Gasteiger partial charge in [-0.2, -0.15) is 0 Å². The number of allylic oxidation sites excluding steroid dienone is 2. The topological polar surface area (TPSA) is 191 Å². The zero-order chi connectivity index (χ0) is 28.5. The number of ketones is 1. The fourth-order valence-corrected chi connectivity index (χ4v) is 7.92. The Balaban J connectivity index is 1.97. The highest BCUT2D eigenvalue weighted by Gasteiger charge is 2.71. The standard InChI is InChI=1S/C27H35NO10/c1-11-12(13-9-17(31)28-23(13)35)8-14(29)19(11)27(4)15(10-18(32)38-5)26(3)16(30)6-7-25(2,24(36)37)21(26)20(33)22(27)34/h6-7,9,12,14-15,20-23,29,33-35H,8,10H2,1-5H3,(H,28,31)(H,36,37)/t12-,14-,15-,20-,21+,22-,23?,25-,26+,27-/m1/s1. The molecule has 208 valence electrons. The molecule has 11 nitrogen and oxygen atoms in total. The molecule has 4 rings (SSSR count). The first-order valence-electron chi connectivity index (χ1n) is 12.6. The lowest BCUT2D eigenvalue weighted by Crippen LogP contribution is -2.70. The molecule has 38 heavy (non-hydrogen) atoms. The number of carbonyl (C=O) groups is 4. The highest BCUT2D eigenvalue weighted by molar-refractivity contribution is 5.99. The fraction of sp³-hybridized carbons (Fsp3) is 0.630. The van der Waals surface area contributed by atoms with Crippen LogP contribution < -0.4 is 5.32 Å². The van der Waals surface area contributed by atoms with Gasteiger partial charge in [0.25, 0.3) is 0 Å². The van der Waals surface area contributed by atoms with Crippen molar-refractivity contribution in [2.24, 2.45) is 34.0 Å². The van der Waals surface area contributed by atoms with E-state index in [1.807, 2.05) is 0 Å². The molecule has 0 aromatic carbocycles. The largest absolute Gasteiger partial charge is 0.481 e. The fourth-order valence-electron chi connectivity index (χ4n) is 7.92. The molecule has 0 aromatic heterocycles. The molecular weight excluding hydrogens is 498 g/mol. The highest BCUT2D eigenvalue weighted by atomic mass is 16.5. The van der Waals surface area contributed by atoms with E-state index in [-0.39, 0.29) is 12.0 Å². The number of amides is 1. The minimum atomic E-state index is -1.75. The molecule has 1 unspecified atom stereocenters. The van der Waals surface area contributed by atoms with Gasteiger partial charge in [0.2, 0.25) is 5.91 Å². The van der Waals surface area contributed by atoms with Crippen LogP contribution >= 0.6 is 0 Å². The van der Waals surface area contributed by atoms with Crippen molar-refractivity contribution in [1.29, 1.82) is 0 Å². The van der Waals surface area contributed by atoms with E-state index in [9.17, 15) is 44.7 Å². The predicted molar refractivity (Wildman–Crippen MR) is 131 cm³/mol. The second-order valence-corrected chi connectivity index (χ2v) is 11.6. The van der Waals surface area contributed by atoms with Crippen LogP contribution in [0.5, 0.6) is 0 Å². The van der Waals surface area contributed by atoms with E-state index in [0.29, 0.717) is 11.1 Å². The minimum absolute atomic E-state index is 0.0587. The van der Waals surface area contributed by atoms with Crippen molar-refractivity contribution in [3.63, 3.8) is 0 Å². The number of ether oxygens (including phenoxy) is 1. The Hall–Kier alpha value is -2.86. The van der Waals surface area contributed by atoms with E-state index in [4.69, 9.17) is 4.74 Å². The Morgan fingerprint density at radius 2 is 1.74 bits per heavy atom. The SMILES string of the molecule is COC(=O)C[C@H]1[C@](C)(C2=C(C)[C@H](C3=CC(=O)NC3O)C[C@H]2O)[C@H](O)[C@H](O)[C@@H]2[C@]1(C)C(=O)C=C[C@@]2(C)C(=O)O. The lowest BCUT2D eigenvalue weighted by molar-refractivity contribution is -0.220. The van der Waals surface area contributed by atoms with Crippen LogP contribution in [0.3, 0.4) is 0 Å². The molecule has 4 aliphatic rings. The Morgan fingerprint density at radius 3 is 2.26 bits per heavy atom. The number of rotatable bonds is 5. The van der Waals surface area contributed by atoms with Gasteiger partial charge in [-0.25, -0.2) is 0 Å². The third-order valence-corrected chi connectivity index (χ3v) is 9.81. The number of nitrogens with one attached hydrogen (secondary N) is 1. The van der Waals surface area contributed by atoms with Crippen molar-refractivity contribution < 1.29 is 49.4 Å². The molecule has 11 heteroatoms. The third-order valence-electron chi connectivity index (χ3n) is 9.81.